The van der Waals surface area contributed by atoms with E-state index in [0.29, 0.717) is 0 Å². The summed E-state index contributed by atoms with van der Waals surface area (Å²) in [6, 6.07) is 9.58. The van der Waals surface area contributed by atoms with Crippen molar-refractivity contribution in [2.24, 2.45) is 0 Å². The molecule has 0 unspecified atom stereocenters. The molecule has 6 nitrogen and oxygen atoms in total. The first-order chi connectivity index (χ1) is 14.6. The molecule has 3 aromatic carbocycles. The number of carbonyl (C=O) groups is 2. The summed E-state index contributed by atoms with van der Waals surface area (Å²) in [5, 5.41) is 22.2. The van der Waals surface area contributed by atoms with E-state index >= 15 is 0 Å². The van der Waals surface area contributed by atoms with Gasteiger partial charge in [-0.05, 0) is 36.4 Å². The molecule has 0 aliphatic heterocycles. The maximum absolute atomic E-state index is 13.1. The maximum Gasteiger partial charge on any atom is 0.416 e. The van der Waals surface area contributed by atoms with Crippen LogP contribution in [0.3, 0.4) is 0 Å². The van der Waals surface area contributed by atoms with Crippen molar-refractivity contribution in [2.75, 3.05) is 5.32 Å². The van der Waals surface area contributed by atoms with Crippen molar-refractivity contribution in [3.8, 4) is 0 Å². The highest BCUT2D eigenvalue weighted by Gasteiger charge is 2.31. The van der Waals surface area contributed by atoms with Gasteiger partial charge in [-0.15, -0.1) is 0 Å². The number of nitrogens with one attached hydrogen (secondary N) is 1. The molecule has 0 aliphatic rings. The van der Waals surface area contributed by atoms with Crippen LogP contribution in [-0.2, 0) is 6.18 Å². The Hall–Kier alpha value is -3.72. The molecule has 0 spiro atoms. The van der Waals surface area contributed by atoms with Crippen LogP contribution in [0.5, 0.6) is 0 Å². The minimum absolute atomic E-state index is 0.00230. The zero-order valence-corrected chi connectivity index (χ0v) is 16.0. The van der Waals surface area contributed by atoms with E-state index in [2.05, 4.69) is 5.32 Å². The van der Waals surface area contributed by atoms with E-state index in [4.69, 9.17) is 16.0 Å². The number of hydrogen-bond donors (Lipinski definition) is 3. The summed E-state index contributed by atoms with van der Waals surface area (Å²) in [5.41, 5.74) is -1.40. The van der Waals surface area contributed by atoms with Gasteiger partial charge in [-0.3, -0.25) is 0 Å². The number of rotatable bonds is 4. The Balaban J connectivity index is 1.99. The molecule has 0 amide bonds. The first kappa shape index (κ1) is 20.5. The average Bonchev–Trinajstić information content (AvgIpc) is 3.08. The van der Waals surface area contributed by atoms with Crippen molar-refractivity contribution < 1.29 is 37.4 Å². The number of furan rings is 1. The normalized spacial score (nSPS) is 11.7. The van der Waals surface area contributed by atoms with Crippen molar-refractivity contribution in [3.63, 3.8) is 0 Å². The van der Waals surface area contributed by atoms with Crippen LogP contribution in [0.1, 0.15) is 26.3 Å². The predicted molar refractivity (Wildman–Crippen MR) is 107 cm³/mol. The molecular weight excluding hydrogens is 439 g/mol. The highest BCUT2D eigenvalue weighted by Crippen LogP contribution is 2.41. The Morgan fingerprint density at radius 3 is 2.23 bits per heavy atom. The Bertz CT molecular complexity index is 1380. The molecule has 0 aliphatic carbocycles. The SMILES string of the molecule is O=C(O)c1cccc2c1oc1c(C(=O)O)ccc(Nc3cc(C(F)(F)F)ccc3Cl)c12. The molecule has 0 saturated heterocycles. The lowest BCUT2D eigenvalue weighted by Gasteiger charge is -2.13. The molecule has 4 aromatic rings. The molecule has 0 fully saturated rings. The van der Waals surface area contributed by atoms with Gasteiger partial charge in [0.1, 0.15) is 16.7 Å². The highest BCUT2D eigenvalue weighted by molar-refractivity contribution is 6.33. The van der Waals surface area contributed by atoms with Crippen molar-refractivity contribution >= 4 is 56.9 Å². The van der Waals surface area contributed by atoms with Crippen molar-refractivity contribution in [1.29, 1.82) is 0 Å². The van der Waals surface area contributed by atoms with Gasteiger partial charge in [-0.2, -0.15) is 13.2 Å². The molecule has 1 aromatic heterocycles. The van der Waals surface area contributed by atoms with Crippen LogP contribution in [0.4, 0.5) is 24.5 Å². The van der Waals surface area contributed by atoms with E-state index in [1.807, 2.05) is 0 Å². The van der Waals surface area contributed by atoms with Gasteiger partial charge < -0.3 is 19.9 Å². The molecular formula is C21H11ClF3NO5. The van der Waals surface area contributed by atoms with Crippen LogP contribution in [-0.4, -0.2) is 22.2 Å². The molecule has 31 heavy (non-hydrogen) atoms. The number of para-hydroxylation sites is 1. The first-order valence-corrected chi connectivity index (χ1v) is 9.04. The van der Waals surface area contributed by atoms with E-state index in [-0.39, 0.29) is 49.5 Å². The van der Waals surface area contributed by atoms with Gasteiger partial charge in [0.2, 0.25) is 0 Å². The number of carboxylic acids is 2. The van der Waals surface area contributed by atoms with Crippen molar-refractivity contribution in [1.82, 2.24) is 0 Å². The zero-order valence-electron chi connectivity index (χ0n) is 15.2. The van der Waals surface area contributed by atoms with Gasteiger partial charge >= 0.3 is 18.1 Å². The Morgan fingerprint density at radius 1 is 0.903 bits per heavy atom. The molecule has 10 heteroatoms. The minimum Gasteiger partial charge on any atom is -0.478 e. The van der Waals surface area contributed by atoms with E-state index in [1.54, 1.807) is 0 Å². The smallest absolute Gasteiger partial charge is 0.416 e. The second kappa shape index (κ2) is 7.21. The summed E-state index contributed by atoms with van der Waals surface area (Å²) >= 11 is 6.06. The van der Waals surface area contributed by atoms with Crippen molar-refractivity contribution in [3.05, 3.63) is 70.2 Å². The number of halogens is 4. The number of anilines is 2. The second-order valence-corrected chi connectivity index (χ2v) is 6.98. The fourth-order valence-electron chi connectivity index (χ4n) is 3.29. The summed E-state index contributed by atoms with van der Waals surface area (Å²) in [5.74, 6) is -2.60. The van der Waals surface area contributed by atoms with Gasteiger partial charge in [0, 0.05) is 5.39 Å². The van der Waals surface area contributed by atoms with Crippen LogP contribution in [0.15, 0.2) is 52.9 Å². The number of alkyl halides is 3. The van der Waals surface area contributed by atoms with Crippen LogP contribution in [0.2, 0.25) is 5.02 Å². The number of fused-ring (bicyclic) bond motifs is 3. The third kappa shape index (κ3) is 3.53. The molecule has 0 radical (unpaired) electrons. The van der Waals surface area contributed by atoms with E-state index in [0.717, 1.165) is 18.2 Å². The van der Waals surface area contributed by atoms with Crippen LogP contribution >= 0.6 is 11.6 Å². The molecule has 0 atom stereocenters. The zero-order chi connectivity index (χ0) is 22.5. The summed E-state index contributed by atoms with van der Waals surface area (Å²) in [6.45, 7) is 0. The Kier molecular flexibility index (Phi) is 4.78. The number of carboxylic acid groups (broad SMARTS) is 2. The fraction of sp³-hybridized carbons (Fsp3) is 0.0476. The van der Waals surface area contributed by atoms with Gasteiger partial charge in [0.15, 0.2) is 5.58 Å². The van der Waals surface area contributed by atoms with Crippen molar-refractivity contribution in [2.45, 2.75) is 6.18 Å². The lowest BCUT2D eigenvalue weighted by atomic mass is 10.0. The van der Waals surface area contributed by atoms with Gasteiger partial charge in [-0.25, -0.2) is 9.59 Å². The predicted octanol–water partition coefficient (Wildman–Crippen LogP) is 6.40. The number of hydrogen-bond acceptors (Lipinski definition) is 4. The minimum atomic E-state index is -4.60. The fourth-order valence-corrected chi connectivity index (χ4v) is 3.45. The monoisotopic (exact) mass is 449 g/mol. The van der Waals surface area contributed by atoms with E-state index in [9.17, 15) is 33.0 Å². The summed E-state index contributed by atoms with van der Waals surface area (Å²) < 4.78 is 44.9. The summed E-state index contributed by atoms with van der Waals surface area (Å²) in [4.78, 5) is 23.2. The topological polar surface area (TPSA) is 99.8 Å². The lowest BCUT2D eigenvalue weighted by molar-refractivity contribution is -0.137. The van der Waals surface area contributed by atoms with Crippen LogP contribution in [0, 0.1) is 0 Å². The van der Waals surface area contributed by atoms with Crippen LogP contribution < -0.4 is 5.32 Å². The van der Waals surface area contributed by atoms with Gasteiger partial charge in [0.25, 0.3) is 0 Å². The van der Waals surface area contributed by atoms with E-state index < -0.39 is 23.7 Å². The second-order valence-electron chi connectivity index (χ2n) is 6.58. The van der Waals surface area contributed by atoms with E-state index in [1.165, 1.54) is 30.3 Å². The first-order valence-electron chi connectivity index (χ1n) is 8.66. The maximum atomic E-state index is 13.1. The molecule has 4 rings (SSSR count). The molecule has 3 N–H and O–H groups in total. The number of aromatic carboxylic acids is 2. The highest BCUT2D eigenvalue weighted by atomic mass is 35.5. The third-order valence-electron chi connectivity index (χ3n) is 4.67. The Labute approximate surface area is 176 Å². The largest absolute Gasteiger partial charge is 0.478 e. The van der Waals surface area contributed by atoms with Crippen LogP contribution in [0.25, 0.3) is 21.9 Å². The average molecular weight is 450 g/mol. The summed E-state index contributed by atoms with van der Waals surface area (Å²) in [6.07, 6.45) is -4.60. The molecule has 1 heterocycles. The quantitative estimate of drug-likeness (QED) is 0.333. The standard InChI is InChI=1S/C21H11ClF3NO5/c22-13-6-4-9(21(23,24)25)8-15(13)26-14-7-5-12(20(29)30)18-16(14)10-2-1-3-11(19(27)28)17(10)31-18/h1-8,26H,(H,27,28)(H,29,30). The van der Waals surface area contributed by atoms with Gasteiger partial charge in [0.05, 0.1) is 27.3 Å². The third-order valence-corrected chi connectivity index (χ3v) is 5.00. The number of benzene rings is 3. The Morgan fingerprint density at radius 2 is 1.58 bits per heavy atom. The van der Waals surface area contributed by atoms with Gasteiger partial charge in [-0.1, -0.05) is 23.7 Å². The lowest BCUT2D eigenvalue weighted by Crippen LogP contribution is -2.05. The summed E-state index contributed by atoms with van der Waals surface area (Å²) in [7, 11) is 0. The molecule has 0 saturated carbocycles. The molecule has 158 valence electrons. The molecule has 0 bridgehead atoms.